The highest BCUT2D eigenvalue weighted by atomic mass is 16.6. The predicted molar refractivity (Wildman–Crippen MR) is 128 cm³/mol. The number of fused-ring (bicyclic) bond motifs is 7. The summed E-state index contributed by atoms with van der Waals surface area (Å²) in [6.07, 6.45) is 5.59. The average Bonchev–Trinajstić information content (AvgIpc) is 3.73. The number of rotatable bonds is 3. The molecule has 3 fully saturated rings. The molecule has 2 aromatic rings. The van der Waals surface area contributed by atoms with Gasteiger partial charge in [-0.2, -0.15) is 0 Å². The molecular formula is C28H24O10. The van der Waals surface area contributed by atoms with Gasteiger partial charge in [-0.25, -0.2) is 0 Å². The zero-order chi connectivity index (χ0) is 26.8. The number of hydrogen-bond donors (Lipinski definition) is 2. The predicted octanol–water partition coefficient (Wildman–Crippen LogP) is 2.28. The third-order valence-corrected chi connectivity index (χ3v) is 6.82. The molecule has 0 spiro atoms. The van der Waals surface area contributed by atoms with Gasteiger partial charge in [-0.05, 0) is 24.3 Å². The van der Waals surface area contributed by atoms with Crippen LogP contribution in [-0.2, 0) is 33.4 Å². The highest BCUT2D eigenvalue weighted by Crippen LogP contribution is 2.44. The van der Waals surface area contributed by atoms with Gasteiger partial charge in [0, 0.05) is 0 Å². The third-order valence-electron chi connectivity index (χ3n) is 6.82. The van der Waals surface area contributed by atoms with E-state index in [4.69, 9.17) is 19.3 Å². The van der Waals surface area contributed by atoms with Gasteiger partial charge in [-0.1, -0.05) is 60.7 Å². The maximum Gasteiger partial charge on any atom is 0.320 e. The van der Waals surface area contributed by atoms with E-state index in [1.807, 2.05) is 18.2 Å². The second-order valence-corrected chi connectivity index (χ2v) is 9.15. The Morgan fingerprint density at radius 2 is 1.16 bits per heavy atom. The van der Waals surface area contributed by atoms with Crippen molar-refractivity contribution >= 4 is 23.9 Å². The molecule has 2 N–H and O–H groups in total. The summed E-state index contributed by atoms with van der Waals surface area (Å²) >= 11 is 0. The van der Waals surface area contributed by atoms with E-state index >= 15 is 0 Å². The highest BCUT2D eigenvalue weighted by Gasteiger charge is 2.59. The molecule has 3 saturated heterocycles. The molecule has 5 aliphatic heterocycles. The third kappa shape index (κ3) is 4.96. The van der Waals surface area contributed by atoms with E-state index < -0.39 is 47.9 Å². The van der Waals surface area contributed by atoms with E-state index in [1.54, 1.807) is 66.7 Å². The lowest BCUT2D eigenvalue weighted by atomic mass is 9.83. The smallest absolute Gasteiger partial charge is 0.320 e. The normalized spacial score (nSPS) is 32.5. The fourth-order valence-corrected chi connectivity index (χ4v) is 5.09. The largest absolute Gasteiger partial charge is 0.508 e. The minimum atomic E-state index is -1.04. The van der Waals surface area contributed by atoms with Crippen molar-refractivity contribution < 1.29 is 48.3 Å². The molecule has 8 unspecified atom stereocenters. The molecule has 5 heterocycles. The van der Waals surface area contributed by atoms with Gasteiger partial charge in [-0.15, -0.1) is 0 Å². The summed E-state index contributed by atoms with van der Waals surface area (Å²) in [6.45, 7) is 0. The van der Waals surface area contributed by atoms with Crippen LogP contribution in [0.15, 0.2) is 85.0 Å². The van der Waals surface area contributed by atoms with Crippen LogP contribution in [0.25, 0.3) is 0 Å². The van der Waals surface area contributed by atoms with Crippen LogP contribution in [0.4, 0.5) is 0 Å². The maximum atomic E-state index is 12.1. The van der Waals surface area contributed by atoms with Gasteiger partial charge in [0.05, 0.1) is 24.4 Å². The van der Waals surface area contributed by atoms with Crippen molar-refractivity contribution in [3.05, 3.63) is 85.0 Å². The van der Waals surface area contributed by atoms with E-state index in [9.17, 15) is 24.3 Å². The molecule has 5 aliphatic rings. The van der Waals surface area contributed by atoms with Gasteiger partial charge in [0.25, 0.3) is 0 Å². The van der Waals surface area contributed by atoms with Crippen LogP contribution in [0.2, 0.25) is 0 Å². The molecule has 0 radical (unpaired) electrons. The lowest BCUT2D eigenvalue weighted by Crippen LogP contribution is -2.38. The molecular weight excluding hydrogens is 496 g/mol. The maximum absolute atomic E-state index is 12.1. The van der Waals surface area contributed by atoms with Crippen LogP contribution in [0.5, 0.6) is 11.5 Å². The number of ether oxygens (including phenoxy) is 4. The molecule has 10 nitrogen and oxygen atoms in total. The molecule has 0 saturated carbocycles. The van der Waals surface area contributed by atoms with Crippen molar-refractivity contribution in [1.29, 1.82) is 0 Å². The summed E-state index contributed by atoms with van der Waals surface area (Å²) in [4.78, 5) is 45.6. The number of phenolic OH excluding ortho intramolecular Hbond substituents is 1. The minimum absolute atomic E-state index is 0.223. The Kier molecular flexibility index (Phi) is 7.08. The number of cyclic esters (lactones) is 2. The SMILES string of the molecule is O=C(O)C1C2C=CC(O2)C1C(=O)Oc1ccccc1.O=C1OC(=O)C2C3C=CC(O3)C12.Oc1ccccc1. The van der Waals surface area contributed by atoms with Gasteiger partial charge in [-0.3, -0.25) is 19.2 Å². The Labute approximate surface area is 217 Å². The number of para-hydroxylation sites is 2. The molecule has 196 valence electrons. The minimum Gasteiger partial charge on any atom is -0.508 e. The van der Waals surface area contributed by atoms with Crippen LogP contribution in [0, 0.1) is 23.7 Å². The number of aromatic hydroxyl groups is 1. The lowest BCUT2D eigenvalue weighted by Gasteiger charge is -2.19. The van der Waals surface area contributed by atoms with E-state index in [-0.39, 0.29) is 24.0 Å². The van der Waals surface area contributed by atoms with Gasteiger partial charge < -0.3 is 29.2 Å². The summed E-state index contributed by atoms with van der Waals surface area (Å²) in [5, 5.41) is 17.8. The summed E-state index contributed by atoms with van der Waals surface area (Å²) in [7, 11) is 0. The first-order chi connectivity index (χ1) is 18.3. The van der Waals surface area contributed by atoms with Gasteiger partial charge in [0.1, 0.15) is 35.2 Å². The van der Waals surface area contributed by atoms with E-state index in [2.05, 4.69) is 4.74 Å². The quantitative estimate of drug-likeness (QED) is 0.267. The Bertz CT molecular complexity index is 1240. The van der Waals surface area contributed by atoms with E-state index in [0.717, 1.165) is 0 Å². The summed E-state index contributed by atoms with van der Waals surface area (Å²) in [5.41, 5.74) is 0. The fourth-order valence-electron chi connectivity index (χ4n) is 5.09. The number of carbonyl (C=O) groups is 4. The number of carboxylic acid groups (broad SMARTS) is 1. The van der Waals surface area contributed by atoms with Crippen LogP contribution in [0.3, 0.4) is 0 Å². The second-order valence-electron chi connectivity index (χ2n) is 9.15. The second kappa shape index (κ2) is 10.6. The number of hydrogen-bond acceptors (Lipinski definition) is 9. The zero-order valence-corrected chi connectivity index (χ0v) is 19.9. The first-order valence-corrected chi connectivity index (χ1v) is 12.0. The number of esters is 3. The lowest BCUT2D eigenvalue weighted by molar-refractivity contribution is -0.156. The Morgan fingerprint density at radius 3 is 1.66 bits per heavy atom. The standard InChI is InChI=1S/C14H12O5.C8H6O4.C6H6O/c15-13(16)11-9-6-7-10(19-9)12(11)14(17)18-8-4-2-1-3-5-8;9-7-5-3-1-2-4(11-3)6(5)8(10)12-7;7-6-4-2-1-3-5-6/h1-7,9-12H,(H,15,16);1-6H;1-5,7H. The van der Waals surface area contributed by atoms with Crippen molar-refractivity contribution in [2.24, 2.45) is 23.7 Å². The molecule has 38 heavy (non-hydrogen) atoms. The number of carbonyl (C=O) groups excluding carboxylic acids is 3. The number of carboxylic acids is 1. The van der Waals surface area contributed by atoms with Crippen molar-refractivity contribution in [3.63, 3.8) is 0 Å². The van der Waals surface area contributed by atoms with Gasteiger partial charge >= 0.3 is 23.9 Å². The number of benzene rings is 2. The van der Waals surface area contributed by atoms with Crippen molar-refractivity contribution in [2.45, 2.75) is 24.4 Å². The first-order valence-electron chi connectivity index (χ1n) is 12.0. The van der Waals surface area contributed by atoms with E-state index in [1.165, 1.54) is 0 Å². The topological polar surface area (TPSA) is 146 Å². The average molecular weight is 520 g/mol. The molecule has 7 rings (SSSR count). The zero-order valence-electron chi connectivity index (χ0n) is 19.9. The van der Waals surface area contributed by atoms with Crippen LogP contribution in [0.1, 0.15) is 0 Å². The van der Waals surface area contributed by atoms with Crippen molar-refractivity contribution in [1.82, 2.24) is 0 Å². The molecule has 8 atom stereocenters. The van der Waals surface area contributed by atoms with Gasteiger partial charge in [0.15, 0.2) is 0 Å². The highest BCUT2D eigenvalue weighted by molar-refractivity contribution is 5.98. The monoisotopic (exact) mass is 520 g/mol. The Morgan fingerprint density at radius 1 is 0.684 bits per heavy atom. The summed E-state index contributed by atoms with van der Waals surface area (Å²) in [5.74, 6) is -4.11. The van der Waals surface area contributed by atoms with Crippen LogP contribution >= 0.6 is 0 Å². The fraction of sp³-hybridized carbons (Fsp3) is 0.286. The Balaban J connectivity index is 0.000000131. The molecule has 10 heteroatoms. The van der Waals surface area contributed by atoms with Crippen LogP contribution < -0.4 is 4.74 Å². The number of aliphatic carboxylic acids is 1. The van der Waals surface area contributed by atoms with Crippen LogP contribution in [-0.4, -0.2) is 58.5 Å². The molecule has 0 aromatic heterocycles. The summed E-state index contributed by atoms with van der Waals surface area (Å²) < 4.78 is 20.5. The molecule has 4 bridgehead atoms. The van der Waals surface area contributed by atoms with E-state index in [0.29, 0.717) is 11.5 Å². The molecule has 0 amide bonds. The molecule has 0 aliphatic carbocycles. The van der Waals surface area contributed by atoms with Crippen molar-refractivity contribution in [2.75, 3.05) is 0 Å². The van der Waals surface area contributed by atoms with Crippen molar-refractivity contribution in [3.8, 4) is 11.5 Å². The summed E-state index contributed by atoms with van der Waals surface area (Å²) in [6, 6.07) is 17.3. The van der Waals surface area contributed by atoms with Gasteiger partial charge in [0.2, 0.25) is 0 Å². The Hall–Kier alpha value is -4.28. The first kappa shape index (κ1) is 25.4. The number of phenols is 1. The molecule has 2 aromatic carbocycles.